The van der Waals surface area contributed by atoms with E-state index in [1.165, 1.54) is 10.5 Å². The van der Waals surface area contributed by atoms with Crippen molar-refractivity contribution in [2.75, 3.05) is 26.7 Å². The minimum absolute atomic E-state index is 0.0262. The number of ether oxygens (including phenoxy) is 1. The molecular formula is C54H65N5O7S. The fourth-order valence-corrected chi connectivity index (χ4v) is 9.86. The summed E-state index contributed by atoms with van der Waals surface area (Å²) in [7, 11) is 1.73. The summed E-state index contributed by atoms with van der Waals surface area (Å²) < 4.78 is 6.07. The van der Waals surface area contributed by atoms with Gasteiger partial charge >= 0.3 is 0 Å². The third-order valence-electron chi connectivity index (χ3n) is 12.6. The van der Waals surface area contributed by atoms with Crippen molar-refractivity contribution in [1.82, 2.24) is 20.1 Å². The number of benzene rings is 4. The van der Waals surface area contributed by atoms with E-state index >= 15 is 0 Å². The summed E-state index contributed by atoms with van der Waals surface area (Å²) in [6.45, 7) is 10.6. The molecule has 13 heteroatoms. The summed E-state index contributed by atoms with van der Waals surface area (Å²) in [5, 5.41) is 23.6. The Morgan fingerprint density at radius 3 is 2.18 bits per heavy atom. The van der Waals surface area contributed by atoms with Crippen molar-refractivity contribution in [3.8, 4) is 21.9 Å². The molecule has 1 fully saturated rings. The van der Waals surface area contributed by atoms with Crippen molar-refractivity contribution in [3.05, 3.63) is 137 Å². The summed E-state index contributed by atoms with van der Waals surface area (Å²) in [4.78, 5) is 62.8. The van der Waals surface area contributed by atoms with E-state index in [4.69, 9.17) is 10.5 Å². The topological polar surface area (TPSA) is 175 Å². The fraction of sp³-hybridized carbons (Fsp3) is 0.389. The number of nitrogens with two attached hydrogens (primary N) is 1. The molecule has 1 aliphatic rings. The first-order chi connectivity index (χ1) is 32.0. The van der Waals surface area contributed by atoms with Gasteiger partial charge in [0.2, 0.25) is 23.6 Å². The second-order valence-electron chi connectivity index (χ2n) is 18.5. The van der Waals surface area contributed by atoms with Gasteiger partial charge in [0, 0.05) is 38.9 Å². The predicted octanol–water partition coefficient (Wildman–Crippen LogP) is 8.63. The Morgan fingerprint density at radius 2 is 1.58 bits per heavy atom. The van der Waals surface area contributed by atoms with Crippen LogP contribution in [0.3, 0.4) is 0 Å². The van der Waals surface area contributed by atoms with Crippen molar-refractivity contribution in [2.45, 2.75) is 91.8 Å². The molecule has 67 heavy (non-hydrogen) atoms. The number of carbonyl (C=O) groups is 4. The maximum atomic E-state index is 14.4. The van der Waals surface area contributed by atoms with Crippen molar-refractivity contribution in [2.24, 2.45) is 23.0 Å². The predicted molar refractivity (Wildman–Crippen MR) is 265 cm³/mol. The molecule has 0 saturated carbocycles. The van der Waals surface area contributed by atoms with E-state index in [1.807, 2.05) is 112 Å². The average Bonchev–Trinajstić information content (AvgIpc) is 3.93. The SMILES string of the molecule is CCC(=C(c1ccc(O)cc1)c1ccc(OCCN(C)C(=O)CCCCC(C(N)=O)[C@H](C(=O)N2C[C@H](O)C[C@H]2C(=O)NCc2ccc(-c3scnc3C)cc2)C(C)(C)C)cc1)c1ccccc1. The number of hydrogen-bond donors (Lipinski definition) is 4. The molecule has 0 radical (unpaired) electrons. The quantitative estimate of drug-likeness (QED) is 0.0443. The summed E-state index contributed by atoms with van der Waals surface area (Å²) in [6.07, 6.45) is 1.50. The third-order valence-corrected chi connectivity index (χ3v) is 13.6. The van der Waals surface area contributed by atoms with E-state index in [2.05, 4.69) is 29.4 Å². The molecule has 354 valence electrons. The van der Waals surface area contributed by atoms with E-state index in [1.54, 1.807) is 35.4 Å². The number of unbranched alkanes of at least 4 members (excludes halogenated alkanes) is 1. The van der Waals surface area contributed by atoms with Crippen LogP contribution in [0.5, 0.6) is 11.5 Å². The second kappa shape index (κ2) is 22.9. The molecule has 12 nitrogen and oxygen atoms in total. The third kappa shape index (κ3) is 13.0. The molecule has 4 amide bonds. The molecule has 1 aromatic heterocycles. The minimum atomic E-state index is -0.906. The molecule has 2 heterocycles. The smallest absolute Gasteiger partial charge is 0.243 e. The number of phenols is 1. The normalized spacial score (nSPS) is 16.2. The highest BCUT2D eigenvalue weighted by Gasteiger charge is 2.47. The Morgan fingerprint density at radius 1 is 0.925 bits per heavy atom. The van der Waals surface area contributed by atoms with Crippen LogP contribution in [0, 0.1) is 24.2 Å². The first kappa shape index (κ1) is 50.1. The number of primary amides is 1. The van der Waals surface area contributed by atoms with Gasteiger partial charge in [0.05, 0.1) is 34.6 Å². The zero-order chi connectivity index (χ0) is 48.3. The highest BCUT2D eigenvalue weighted by molar-refractivity contribution is 7.13. The number of nitrogens with one attached hydrogen (secondary N) is 1. The second-order valence-corrected chi connectivity index (χ2v) is 19.3. The van der Waals surface area contributed by atoms with Gasteiger partial charge in [0.15, 0.2) is 0 Å². The van der Waals surface area contributed by atoms with E-state index in [9.17, 15) is 29.4 Å². The number of aromatic hydroxyl groups is 1. The molecule has 1 saturated heterocycles. The number of carbonyl (C=O) groups excluding carboxylic acids is 4. The van der Waals surface area contributed by atoms with Crippen LogP contribution in [0.15, 0.2) is 109 Å². The summed E-state index contributed by atoms with van der Waals surface area (Å²) >= 11 is 1.57. The Bertz CT molecular complexity index is 2480. The maximum Gasteiger partial charge on any atom is 0.243 e. The molecule has 0 bridgehead atoms. The van der Waals surface area contributed by atoms with Crippen LogP contribution in [0.25, 0.3) is 21.6 Å². The van der Waals surface area contributed by atoms with Gasteiger partial charge < -0.3 is 35.8 Å². The van der Waals surface area contributed by atoms with Gasteiger partial charge in [-0.2, -0.15) is 0 Å². The minimum Gasteiger partial charge on any atom is -0.508 e. The number of likely N-dealkylation sites (tertiary alicyclic amines) is 1. The van der Waals surface area contributed by atoms with Crippen LogP contribution in [0.1, 0.15) is 94.2 Å². The van der Waals surface area contributed by atoms with Crippen molar-refractivity contribution >= 4 is 46.1 Å². The van der Waals surface area contributed by atoms with Crippen molar-refractivity contribution in [3.63, 3.8) is 0 Å². The molecule has 1 unspecified atom stereocenters. The lowest BCUT2D eigenvalue weighted by atomic mass is 9.70. The Kier molecular flexibility index (Phi) is 17.2. The highest BCUT2D eigenvalue weighted by Crippen LogP contribution is 2.39. The van der Waals surface area contributed by atoms with E-state index < -0.39 is 41.2 Å². The molecule has 4 atom stereocenters. The number of nitrogens with zero attached hydrogens (tertiary/aromatic N) is 3. The van der Waals surface area contributed by atoms with E-state index in [-0.39, 0.29) is 56.5 Å². The zero-order valence-electron chi connectivity index (χ0n) is 39.5. The van der Waals surface area contributed by atoms with Crippen molar-refractivity contribution in [1.29, 1.82) is 0 Å². The highest BCUT2D eigenvalue weighted by atomic mass is 32.1. The van der Waals surface area contributed by atoms with Gasteiger partial charge in [-0.1, -0.05) is 113 Å². The first-order valence-electron chi connectivity index (χ1n) is 23.2. The van der Waals surface area contributed by atoms with Crippen LogP contribution in [0.2, 0.25) is 0 Å². The summed E-state index contributed by atoms with van der Waals surface area (Å²) in [5.41, 5.74) is 15.4. The van der Waals surface area contributed by atoms with Crippen LogP contribution in [-0.4, -0.2) is 87.5 Å². The lowest BCUT2D eigenvalue weighted by molar-refractivity contribution is -0.149. The molecule has 1 aliphatic heterocycles. The van der Waals surface area contributed by atoms with Crippen LogP contribution in [-0.2, 0) is 25.7 Å². The van der Waals surface area contributed by atoms with Gasteiger partial charge in [-0.05, 0) is 94.8 Å². The van der Waals surface area contributed by atoms with Crippen LogP contribution in [0.4, 0.5) is 0 Å². The molecular weight excluding hydrogens is 863 g/mol. The van der Waals surface area contributed by atoms with Gasteiger partial charge in [-0.3, -0.25) is 19.2 Å². The summed E-state index contributed by atoms with van der Waals surface area (Å²) in [6, 6.07) is 32.4. The molecule has 6 rings (SSSR count). The number of aliphatic hydroxyl groups excluding tert-OH is 1. The zero-order valence-corrected chi connectivity index (χ0v) is 40.4. The summed E-state index contributed by atoms with van der Waals surface area (Å²) in [5.74, 6) is -2.27. The van der Waals surface area contributed by atoms with Crippen LogP contribution >= 0.6 is 11.3 Å². The number of amides is 4. The van der Waals surface area contributed by atoms with Gasteiger partial charge in [-0.25, -0.2) is 4.98 Å². The molecule has 5 N–H and O–H groups in total. The van der Waals surface area contributed by atoms with Crippen LogP contribution < -0.4 is 15.8 Å². The number of likely N-dealkylation sites (N-methyl/N-ethyl adjacent to an activating group) is 1. The number of aliphatic hydroxyl groups is 1. The van der Waals surface area contributed by atoms with Gasteiger partial charge in [0.1, 0.15) is 24.1 Å². The van der Waals surface area contributed by atoms with E-state index in [0.29, 0.717) is 25.1 Å². The fourth-order valence-electron chi connectivity index (χ4n) is 9.05. The number of hydrogen-bond acceptors (Lipinski definition) is 9. The average molecular weight is 928 g/mol. The number of β-amino-alcohol motifs (C(OH)–C–C–N with tert-alkyl or cyclic N) is 1. The monoisotopic (exact) mass is 927 g/mol. The van der Waals surface area contributed by atoms with E-state index in [0.717, 1.165) is 50.4 Å². The number of aromatic nitrogens is 1. The first-order valence-corrected chi connectivity index (χ1v) is 24.0. The number of phenolic OH excluding ortho intramolecular Hbond substituents is 1. The van der Waals surface area contributed by atoms with Gasteiger partial charge in [0.25, 0.3) is 0 Å². The maximum absolute atomic E-state index is 14.4. The molecule has 0 spiro atoms. The van der Waals surface area contributed by atoms with Crippen molar-refractivity contribution < 1.29 is 34.1 Å². The lowest BCUT2D eigenvalue weighted by Gasteiger charge is -2.38. The number of thiazole rings is 1. The standard InChI is InChI=1S/C54H65N5O7S/c1-7-44(37-13-9-8-10-14-37)48(38-21-25-41(60)26-22-38)39-23-27-43(28-24-39)66-30-29-58(6)47(62)16-12-11-15-45(51(55)63)49(54(3,4)5)53(65)59-33-42(61)31-46(59)52(64)56-32-36-17-19-40(20-18-36)50-35(2)57-34-67-50/h8-10,13-14,17-28,34,42,45-46,49,60-61H,7,11-12,15-16,29-33H2,1-6H3,(H2,55,63)(H,56,64)/t42-,45?,46+,49-/m1/s1. The largest absolute Gasteiger partial charge is 0.508 e. The Balaban J connectivity index is 1.000. The number of allylic oxidation sites excluding steroid dienone is 1. The molecule has 4 aromatic carbocycles. The Hall–Kier alpha value is -6.31. The Labute approximate surface area is 398 Å². The molecule has 0 aliphatic carbocycles. The lowest BCUT2D eigenvalue weighted by Crippen LogP contribution is -2.53. The van der Waals surface area contributed by atoms with Gasteiger partial charge in [-0.15, -0.1) is 11.3 Å². The molecule has 5 aromatic rings. The number of rotatable bonds is 20. The number of aryl methyl sites for hydroxylation is 1.